The lowest BCUT2D eigenvalue weighted by Gasteiger charge is -2.16. The van der Waals surface area contributed by atoms with E-state index in [0.717, 1.165) is 0 Å². The molecule has 1 aromatic rings. The maximum atomic E-state index is 12.0. The fraction of sp³-hybridized carbons (Fsp3) is 0.429. The van der Waals surface area contributed by atoms with E-state index in [9.17, 15) is 18.0 Å². The first-order chi connectivity index (χ1) is 9.04. The summed E-state index contributed by atoms with van der Waals surface area (Å²) in [4.78, 5) is 22.9. The average molecular weight is 297 g/mol. The van der Waals surface area contributed by atoms with Gasteiger partial charge in [0, 0.05) is 11.0 Å². The van der Waals surface area contributed by atoms with Crippen LogP contribution in [0.1, 0.15) is 38.1 Å². The van der Waals surface area contributed by atoms with Crippen molar-refractivity contribution in [2.24, 2.45) is 5.41 Å². The Balaban J connectivity index is 2.84. The van der Waals surface area contributed by atoms with Crippen molar-refractivity contribution in [1.29, 1.82) is 0 Å². The molecular weight excluding hydrogens is 278 g/mol. The van der Waals surface area contributed by atoms with Crippen molar-refractivity contribution in [1.82, 2.24) is 4.72 Å². The van der Waals surface area contributed by atoms with Gasteiger partial charge in [0.15, 0.2) is 11.6 Å². The zero-order chi connectivity index (χ0) is 15.6. The summed E-state index contributed by atoms with van der Waals surface area (Å²) in [6, 6.07) is 5.59. The van der Waals surface area contributed by atoms with Crippen LogP contribution >= 0.6 is 0 Å². The van der Waals surface area contributed by atoms with E-state index in [-0.39, 0.29) is 23.0 Å². The van der Waals surface area contributed by atoms with E-state index in [2.05, 4.69) is 4.72 Å². The van der Waals surface area contributed by atoms with Gasteiger partial charge in [-0.05, 0) is 19.1 Å². The monoisotopic (exact) mass is 297 g/mol. The van der Waals surface area contributed by atoms with Gasteiger partial charge in [0.25, 0.3) is 0 Å². The van der Waals surface area contributed by atoms with Crippen molar-refractivity contribution >= 4 is 21.6 Å². The Morgan fingerprint density at radius 1 is 1.10 bits per heavy atom. The molecule has 1 rings (SSSR count). The Kier molecular flexibility index (Phi) is 4.83. The molecular formula is C14H19NO4S. The molecule has 0 saturated heterocycles. The smallest absolute Gasteiger partial charge is 0.240 e. The van der Waals surface area contributed by atoms with Crippen LogP contribution in [0.5, 0.6) is 0 Å². The summed E-state index contributed by atoms with van der Waals surface area (Å²) < 4.78 is 26.3. The van der Waals surface area contributed by atoms with E-state index in [4.69, 9.17) is 0 Å². The molecule has 0 heterocycles. The maximum Gasteiger partial charge on any atom is 0.240 e. The summed E-state index contributed by atoms with van der Waals surface area (Å²) in [6.07, 6.45) is 0. The van der Waals surface area contributed by atoms with Crippen LogP contribution in [0.15, 0.2) is 29.2 Å². The van der Waals surface area contributed by atoms with Gasteiger partial charge < -0.3 is 0 Å². The molecule has 0 radical (unpaired) electrons. The van der Waals surface area contributed by atoms with E-state index in [1.165, 1.54) is 31.2 Å². The second kappa shape index (κ2) is 5.85. The van der Waals surface area contributed by atoms with Crippen molar-refractivity contribution in [2.45, 2.75) is 32.6 Å². The normalized spacial score (nSPS) is 12.2. The second-order valence-corrected chi connectivity index (χ2v) is 7.35. The molecule has 0 aliphatic heterocycles. The van der Waals surface area contributed by atoms with E-state index in [0.29, 0.717) is 5.56 Å². The highest BCUT2D eigenvalue weighted by Gasteiger charge is 2.23. The minimum Gasteiger partial charge on any atom is -0.298 e. The van der Waals surface area contributed by atoms with E-state index >= 15 is 0 Å². The Labute approximate surface area is 119 Å². The molecule has 110 valence electrons. The minimum atomic E-state index is -3.74. The first-order valence-corrected chi connectivity index (χ1v) is 7.66. The molecule has 1 N–H and O–H groups in total. The van der Waals surface area contributed by atoms with E-state index in [1.54, 1.807) is 20.8 Å². The molecule has 0 aliphatic carbocycles. The van der Waals surface area contributed by atoms with Gasteiger partial charge in [-0.3, -0.25) is 9.59 Å². The molecule has 0 atom stereocenters. The van der Waals surface area contributed by atoms with Crippen molar-refractivity contribution in [2.75, 3.05) is 6.54 Å². The quantitative estimate of drug-likeness (QED) is 0.840. The highest BCUT2D eigenvalue weighted by atomic mass is 32.2. The number of carbonyl (C=O) groups excluding carboxylic acids is 2. The molecule has 6 heteroatoms. The van der Waals surface area contributed by atoms with Crippen molar-refractivity contribution in [3.8, 4) is 0 Å². The number of nitrogens with one attached hydrogen (secondary N) is 1. The molecule has 0 saturated carbocycles. The molecule has 0 fully saturated rings. The van der Waals surface area contributed by atoms with E-state index < -0.39 is 15.4 Å². The van der Waals surface area contributed by atoms with Crippen LogP contribution in [0.3, 0.4) is 0 Å². The van der Waals surface area contributed by atoms with Crippen molar-refractivity contribution < 1.29 is 18.0 Å². The van der Waals surface area contributed by atoms with Crippen LogP contribution in [-0.4, -0.2) is 26.5 Å². The van der Waals surface area contributed by atoms with Gasteiger partial charge in [0.2, 0.25) is 10.0 Å². The summed E-state index contributed by atoms with van der Waals surface area (Å²) in [5, 5.41) is 0. The minimum absolute atomic E-state index is 0.0317. The Morgan fingerprint density at radius 3 is 2.00 bits per heavy atom. The van der Waals surface area contributed by atoms with Crippen molar-refractivity contribution in [3.63, 3.8) is 0 Å². The summed E-state index contributed by atoms with van der Waals surface area (Å²) in [6.45, 7) is 6.34. The van der Waals surface area contributed by atoms with Gasteiger partial charge in [-0.25, -0.2) is 13.1 Å². The predicted molar refractivity (Wildman–Crippen MR) is 76.1 cm³/mol. The average Bonchev–Trinajstić information content (AvgIpc) is 2.35. The lowest BCUT2D eigenvalue weighted by atomic mass is 9.91. The molecule has 20 heavy (non-hydrogen) atoms. The summed E-state index contributed by atoms with van der Waals surface area (Å²) in [5.41, 5.74) is -0.157. The Morgan fingerprint density at radius 2 is 1.60 bits per heavy atom. The zero-order valence-electron chi connectivity index (χ0n) is 12.1. The van der Waals surface area contributed by atoms with Crippen LogP contribution in [0.2, 0.25) is 0 Å². The number of carbonyl (C=O) groups is 2. The number of ketones is 2. The Bertz CT molecular complexity index is 610. The van der Waals surface area contributed by atoms with Crippen LogP contribution in [0.25, 0.3) is 0 Å². The summed E-state index contributed by atoms with van der Waals surface area (Å²) in [7, 11) is -3.74. The fourth-order valence-corrected chi connectivity index (χ4v) is 2.36. The van der Waals surface area contributed by atoms with Gasteiger partial charge in [-0.15, -0.1) is 0 Å². The lowest BCUT2D eigenvalue weighted by Crippen LogP contribution is -2.35. The molecule has 0 bridgehead atoms. The van der Waals surface area contributed by atoms with Crippen LogP contribution in [0, 0.1) is 5.41 Å². The van der Waals surface area contributed by atoms with Gasteiger partial charge in [-0.2, -0.15) is 0 Å². The topological polar surface area (TPSA) is 80.3 Å². The van der Waals surface area contributed by atoms with Crippen LogP contribution in [-0.2, 0) is 14.8 Å². The van der Waals surface area contributed by atoms with Crippen molar-refractivity contribution in [3.05, 3.63) is 29.8 Å². The third kappa shape index (κ3) is 4.25. The highest BCUT2D eigenvalue weighted by molar-refractivity contribution is 7.89. The van der Waals surface area contributed by atoms with Gasteiger partial charge in [-0.1, -0.05) is 32.9 Å². The number of benzene rings is 1. The predicted octanol–water partition coefficient (Wildman–Crippen LogP) is 1.78. The summed E-state index contributed by atoms with van der Waals surface area (Å²) in [5.74, 6) is -0.328. The van der Waals surface area contributed by atoms with Gasteiger partial charge in [0.1, 0.15) is 0 Å². The van der Waals surface area contributed by atoms with E-state index in [1.807, 2.05) is 0 Å². The van der Waals surface area contributed by atoms with Gasteiger partial charge >= 0.3 is 0 Å². The molecule has 0 aliphatic rings. The Hall–Kier alpha value is -1.53. The SMILES string of the molecule is CC(=O)c1ccc(S(=O)(=O)NCC(=O)C(C)(C)C)cc1. The molecule has 0 aromatic heterocycles. The molecule has 0 unspecified atom stereocenters. The summed E-state index contributed by atoms with van der Waals surface area (Å²) >= 11 is 0. The lowest BCUT2D eigenvalue weighted by molar-refractivity contribution is -0.125. The first-order valence-electron chi connectivity index (χ1n) is 6.18. The molecule has 0 amide bonds. The molecule has 0 spiro atoms. The zero-order valence-corrected chi connectivity index (χ0v) is 12.9. The molecule has 5 nitrogen and oxygen atoms in total. The first kappa shape index (κ1) is 16.5. The number of rotatable bonds is 5. The number of hydrogen-bond acceptors (Lipinski definition) is 4. The molecule has 1 aromatic carbocycles. The van der Waals surface area contributed by atoms with Crippen LogP contribution in [0.4, 0.5) is 0 Å². The number of hydrogen-bond donors (Lipinski definition) is 1. The fourth-order valence-electron chi connectivity index (χ4n) is 1.38. The maximum absolute atomic E-state index is 12.0. The third-order valence-corrected chi connectivity index (χ3v) is 4.25. The number of sulfonamides is 1. The number of Topliss-reactive ketones (excluding diaryl/α,β-unsaturated/α-hetero) is 2. The standard InChI is InChI=1S/C14H19NO4S/c1-10(16)11-5-7-12(8-6-11)20(18,19)15-9-13(17)14(2,3)4/h5-8,15H,9H2,1-4H3. The van der Waals surface area contributed by atoms with Crippen LogP contribution < -0.4 is 4.72 Å². The largest absolute Gasteiger partial charge is 0.298 e. The van der Waals surface area contributed by atoms with Gasteiger partial charge in [0.05, 0.1) is 11.4 Å². The second-order valence-electron chi connectivity index (χ2n) is 5.58. The third-order valence-electron chi connectivity index (χ3n) is 2.83. The highest BCUT2D eigenvalue weighted by Crippen LogP contribution is 2.15.